The smallest absolute Gasteiger partial charge is 0.0666 e. The largest absolute Gasteiger partial charge is 0.320 e. The van der Waals surface area contributed by atoms with Gasteiger partial charge in [0.2, 0.25) is 0 Å². The third-order valence-electron chi connectivity index (χ3n) is 2.73. The van der Waals surface area contributed by atoms with Crippen molar-refractivity contribution in [3.63, 3.8) is 0 Å². The maximum atomic E-state index is 4.46. The lowest BCUT2D eigenvalue weighted by Crippen LogP contribution is -2.22. The molecule has 92 valence electrons. The molecule has 1 rings (SSSR count). The van der Waals surface area contributed by atoms with Gasteiger partial charge in [-0.2, -0.15) is 5.10 Å². The first-order valence-corrected chi connectivity index (χ1v) is 6.02. The van der Waals surface area contributed by atoms with Gasteiger partial charge in [0.15, 0.2) is 0 Å². The van der Waals surface area contributed by atoms with Crippen molar-refractivity contribution in [2.24, 2.45) is 7.05 Å². The molecular formula is C12H24N4. The molecule has 4 nitrogen and oxygen atoms in total. The molecule has 0 saturated heterocycles. The predicted molar refractivity (Wildman–Crippen MR) is 67.5 cm³/mol. The van der Waals surface area contributed by atoms with Gasteiger partial charge >= 0.3 is 0 Å². The molecule has 16 heavy (non-hydrogen) atoms. The van der Waals surface area contributed by atoms with Gasteiger partial charge in [0.25, 0.3) is 0 Å². The van der Waals surface area contributed by atoms with Gasteiger partial charge in [-0.1, -0.05) is 6.92 Å². The maximum Gasteiger partial charge on any atom is 0.0666 e. The molecule has 4 heteroatoms. The summed E-state index contributed by atoms with van der Waals surface area (Å²) in [4.78, 5) is 2.35. The van der Waals surface area contributed by atoms with Crippen LogP contribution in [0.2, 0.25) is 0 Å². The highest BCUT2D eigenvalue weighted by Gasteiger charge is 2.08. The van der Waals surface area contributed by atoms with Gasteiger partial charge < -0.3 is 10.2 Å². The van der Waals surface area contributed by atoms with E-state index in [1.165, 1.54) is 17.7 Å². The van der Waals surface area contributed by atoms with Crippen molar-refractivity contribution in [1.82, 2.24) is 20.0 Å². The molecule has 1 aromatic heterocycles. The van der Waals surface area contributed by atoms with E-state index in [4.69, 9.17) is 0 Å². The lowest BCUT2D eigenvalue weighted by Gasteiger charge is -2.15. The molecule has 1 heterocycles. The standard InChI is InChI=1S/C12H24N4/c1-5-12-11(10-16(4)14-12)9-15(3)8-6-7-13-2/h10,13H,5-9H2,1-4H3. The van der Waals surface area contributed by atoms with Crippen molar-refractivity contribution in [3.8, 4) is 0 Å². The van der Waals surface area contributed by atoms with E-state index in [9.17, 15) is 0 Å². The minimum atomic E-state index is 1.00. The first-order valence-electron chi connectivity index (χ1n) is 6.02. The minimum Gasteiger partial charge on any atom is -0.320 e. The molecule has 0 atom stereocenters. The summed E-state index contributed by atoms with van der Waals surface area (Å²) in [5, 5.41) is 7.63. The predicted octanol–water partition coefficient (Wildman–Crippen LogP) is 1.02. The van der Waals surface area contributed by atoms with E-state index in [1.54, 1.807) is 0 Å². The Labute approximate surface area is 98.6 Å². The zero-order valence-corrected chi connectivity index (χ0v) is 11.0. The second-order valence-corrected chi connectivity index (χ2v) is 4.32. The minimum absolute atomic E-state index is 1.00. The molecule has 1 aromatic rings. The number of rotatable bonds is 7. The summed E-state index contributed by atoms with van der Waals surface area (Å²) in [6.07, 6.45) is 4.34. The monoisotopic (exact) mass is 224 g/mol. The van der Waals surface area contributed by atoms with Crippen molar-refractivity contribution < 1.29 is 0 Å². The molecule has 0 aliphatic heterocycles. The quantitative estimate of drug-likeness (QED) is 0.702. The summed E-state index contributed by atoms with van der Waals surface area (Å²) in [6.45, 7) is 5.37. The van der Waals surface area contributed by atoms with Crippen LogP contribution in [0.25, 0.3) is 0 Å². The molecule has 0 amide bonds. The average molecular weight is 224 g/mol. The molecule has 0 spiro atoms. The van der Waals surface area contributed by atoms with Gasteiger partial charge in [0, 0.05) is 25.4 Å². The van der Waals surface area contributed by atoms with Crippen molar-refractivity contribution >= 4 is 0 Å². The fourth-order valence-corrected chi connectivity index (χ4v) is 1.91. The Morgan fingerprint density at radius 1 is 1.50 bits per heavy atom. The number of nitrogens with one attached hydrogen (secondary N) is 1. The Bertz CT molecular complexity index is 306. The van der Waals surface area contributed by atoms with Crippen LogP contribution in [0.4, 0.5) is 0 Å². The van der Waals surface area contributed by atoms with Crippen molar-refractivity contribution in [1.29, 1.82) is 0 Å². The zero-order chi connectivity index (χ0) is 12.0. The molecule has 0 saturated carbocycles. The summed E-state index contributed by atoms with van der Waals surface area (Å²) in [5.41, 5.74) is 2.58. The highest BCUT2D eigenvalue weighted by molar-refractivity contribution is 5.16. The Morgan fingerprint density at radius 3 is 2.88 bits per heavy atom. The number of hydrogen-bond donors (Lipinski definition) is 1. The molecular weight excluding hydrogens is 200 g/mol. The van der Waals surface area contributed by atoms with E-state index < -0.39 is 0 Å². The van der Waals surface area contributed by atoms with E-state index in [1.807, 2.05) is 18.8 Å². The van der Waals surface area contributed by atoms with Crippen LogP contribution in [0.1, 0.15) is 24.6 Å². The number of aromatic nitrogens is 2. The summed E-state index contributed by atoms with van der Waals surface area (Å²) >= 11 is 0. The fourth-order valence-electron chi connectivity index (χ4n) is 1.91. The van der Waals surface area contributed by atoms with Crippen LogP contribution in [0.15, 0.2) is 6.20 Å². The molecule has 0 aromatic carbocycles. The normalized spacial score (nSPS) is 11.3. The SMILES string of the molecule is CCc1nn(C)cc1CN(C)CCCNC. The fraction of sp³-hybridized carbons (Fsp3) is 0.750. The van der Waals surface area contributed by atoms with Gasteiger partial charge in [-0.3, -0.25) is 4.68 Å². The topological polar surface area (TPSA) is 33.1 Å². The molecule has 1 N–H and O–H groups in total. The van der Waals surface area contributed by atoms with Crippen LogP contribution in [0.5, 0.6) is 0 Å². The van der Waals surface area contributed by atoms with Gasteiger partial charge in [-0.05, 0) is 40.0 Å². The Balaban J connectivity index is 2.45. The van der Waals surface area contributed by atoms with Gasteiger partial charge in [0.1, 0.15) is 0 Å². The molecule has 0 fully saturated rings. The molecule has 0 aliphatic rings. The third-order valence-corrected chi connectivity index (χ3v) is 2.73. The molecule has 0 bridgehead atoms. The Hall–Kier alpha value is -0.870. The van der Waals surface area contributed by atoms with Crippen molar-refractivity contribution in [2.45, 2.75) is 26.3 Å². The molecule has 0 unspecified atom stereocenters. The van der Waals surface area contributed by atoms with Crippen molar-refractivity contribution in [3.05, 3.63) is 17.5 Å². The second kappa shape index (κ2) is 6.66. The highest BCUT2D eigenvalue weighted by atomic mass is 15.3. The molecule has 0 radical (unpaired) electrons. The second-order valence-electron chi connectivity index (χ2n) is 4.32. The maximum absolute atomic E-state index is 4.46. The average Bonchev–Trinajstić information content (AvgIpc) is 2.59. The van der Waals surface area contributed by atoms with Crippen LogP contribution in [0, 0.1) is 0 Å². The Morgan fingerprint density at radius 2 is 2.25 bits per heavy atom. The summed E-state index contributed by atoms with van der Waals surface area (Å²) < 4.78 is 1.91. The first-order chi connectivity index (χ1) is 7.67. The molecule has 0 aliphatic carbocycles. The number of aryl methyl sites for hydroxylation is 2. The van der Waals surface area contributed by atoms with Gasteiger partial charge in [0.05, 0.1) is 5.69 Å². The summed E-state index contributed by atoms with van der Waals surface area (Å²) in [7, 11) is 6.15. The highest BCUT2D eigenvalue weighted by Crippen LogP contribution is 2.09. The lowest BCUT2D eigenvalue weighted by molar-refractivity contribution is 0.320. The van der Waals surface area contributed by atoms with E-state index >= 15 is 0 Å². The van der Waals surface area contributed by atoms with E-state index in [0.717, 1.165) is 26.1 Å². The number of hydrogen-bond acceptors (Lipinski definition) is 3. The third kappa shape index (κ3) is 3.94. The van der Waals surface area contributed by atoms with Crippen LogP contribution < -0.4 is 5.32 Å². The van der Waals surface area contributed by atoms with E-state index in [-0.39, 0.29) is 0 Å². The van der Waals surface area contributed by atoms with Crippen LogP contribution in [0.3, 0.4) is 0 Å². The number of nitrogens with zero attached hydrogens (tertiary/aromatic N) is 3. The Kier molecular flexibility index (Phi) is 5.49. The summed E-state index contributed by atoms with van der Waals surface area (Å²) in [6, 6.07) is 0. The van der Waals surface area contributed by atoms with E-state index in [2.05, 4.69) is 35.5 Å². The van der Waals surface area contributed by atoms with Crippen LogP contribution in [-0.4, -0.2) is 41.9 Å². The van der Waals surface area contributed by atoms with Crippen molar-refractivity contribution in [2.75, 3.05) is 27.2 Å². The lowest BCUT2D eigenvalue weighted by atomic mass is 10.2. The summed E-state index contributed by atoms with van der Waals surface area (Å²) in [5.74, 6) is 0. The first kappa shape index (κ1) is 13.2. The van der Waals surface area contributed by atoms with Gasteiger partial charge in [-0.25, -0.2) is 0 Å². The van der Waals surface area contributed by atoms with Gasteiger partial charge in [-0.15, -0.1) is 0 Å². The zero-order valence-electron chi connectivity index (χ0n) is 11.0. The van der Waals surface area contributed by atoms with Crippen LogP contribution in [-0.2, 0) is 20.0 Å². The van der Waals surface area contributed by atoms with E-state index in [0.29, 0.717) is 0 Å². The van der Waals surface area contributed by atoms with Crippen LogP contribution >= 0.6 is 0 Å².